The Kier molecular flexibility index (Phi) is 5.25. The standard InChI is InChI=1S/C13H20N4O3/c14-10-1-4-12(5-2-10)20-8-7-15-13-6-3-11(9-16-13)17(18)19/h3,6,9-10,12H,1-2,4-5,7-8,14H2,(H,15,16). The quantitative estimate of drug-likeness (QED) is 0.467. The van der Waals surface area contributed by atoms with E-state index >= 15 is 0 Å². The summed E-state index contributed by atoms with van der Waals surface area (Å²) in [5, 5.41) is 13.6. The molecule has 0 saturated heterocycles. The summed E-state index contributed by atoms with van der Waals surface area (Å²) in [4.78, 5) is 14.0. The largest absolute Gasteiger partial charge is 0.376 e. The van der Waals surface area contributed by atoms with Crippen LogP contribution in [0.1, 0.15) is 25.7 Å². The number of nitro groups is 1. The van der Waals surface area contributed by atoms with Gasteiger partial charge in [-0.15, -0.1) is 0 Å². The van der Waals surface area contributed by atoms with Gasteiger partial charge in [0.25, 0.3) is 5.69 Å². The monoisotopic (exact) mass is 280 g/mol. The van der Waals surface area contributed by atoms with Gasteiger partial charge in [0, 0.05) is 18.7 Å². The average molecular weight is 280 g/mol. The number of aromatic nitrogens is 1. The lowest BCUT2D eigenvalue weighted by Gasteiger charge is -2.26. The van der Waals surface area contributed by atoms with E-state index in [-0.39, 0.29) is 5.69 Å². The second-order valence-electron chi connectivity index (χ2n) is 4.99. The molecule has 0 unspecified atom stereocenters. The molecule has 1 aromatic heterocycles. The van der Waals surface area contributed by atoms with Crippen LogP contribution in [0.25, 0.3) is 0 Å². The van der Waals surface area contributed by atoms with Crippen molar-refractivity contribution in [2.24, 2.45) is 5.73 Å². The first kappa shape index (κ1) is 14.7. The molecule has 1 saturated carbocycles. The molecule has 1 aliphatic rings. The van der Waals surface area contributed by atoms with Crippen LogP contribution in [0.3, 0.4) is 0 Å². The van der Waals surface area contributed by atoms with Gasteiger partial charge in [-0.3, -0.25) is 10.1 Å². The number of pyridine rings is 1. The van der Waals surface area contributed by atoms with E-state index in [0.29, 0.717) is 31.1 Å². The lowest BCUT2D eigenvalue weighted by molar-refractivity contribution is -0.385. The molecule has 7 heteroatoms. The number of anilines is 1. The van der Waals surface area contributed by atoms with E-state index < -0.39 is 4.92 Å². The van der Waals surface area contributed by atoms with E-state index in [1.54, 1.807) is 6.07 Å². The number of ether oxygens (including phenoxy) is 1. The predicted octanol–water partition coefficient (Wildman–Crippen LogP) is 1.69. The highest BCUT2D eigenvalue weighted by molar-refractivity contribution is 5.39. The number of hydrogen-bond donors (Lipinski definition) is 2. The zero-order chi connectivity index (χ0) is 14.4. The summed E-state index contributed by atoms with van der Waals surface area (Å²) in [7, 11) is 0. The Hall–Kier alpha value is -1.73. The van der Waals surface area contributed by atoms with E-state index in [0.717, 1.165) is 25.7 Å². The molecule has 0 atom stereocenters. The summed E-state index contributed by atoms with van der Waals surface area (Å²) in [6.45, 7) is 1.23. The number of nitrogens with one attached hydrogen (secondary N) is 1. The molecule has 0 aromatic carbocycles. The summed E-state index contributed by atoms with van der Waals surface area (Å²) in [5.74, 6) is 0.616. The molecule has 0 spiro atoms. The lowest BCUT2D eigenvalue weighted by atomic mass is 9.94. The van der Waals surface area contributed by atoms with Gasteiger partial charge in [0.1, 0.15) is 12.0 Å². The smallest absolute Gasteiger partial charge is 0.287 e. The van der Waals surface area contributed by atoms with Crippen molar-refractivity contribution < 1.29 is 9.66 Å². The minimum Gasteiger partial charge on any atom is -0.376 e. The molecule has 1 heterocycles. The van der Waals surface area contributed by atoms with Crippen LogP contribution >= 0.6 is 0 Å². The van der Waals surface area contributed by atoms with Gasteiger partial charge < -0.3 is 15.8 Å². The summed E-state index contributed by atoms with van der Waals surface area (Å²) in [6.07, 6.45) is 5.66. The van der Waals surface area contributed by atoms with Crippen LogP contribution in [-0.2, 0) is 4.74 Å². The molecule has 0 amide bonds. The first-order valence-corrected chi connectivity index (χ1v) is 6.86. The van der Waals surface area contributed by atoms with Crippen molar-refractivity contribution in [2.75, 3.05) is 18.5 Å². The minimum atomic E-state index is -0.465. The third-order valence-corrected chi connectivity index (χ3v) is 3.44. The van der Waals surface area contributed by atoms with Crippen molar-refractivity contribution in [3.8, 4) is 0 Å². The Morgan fingerprint density at radius 2 is 2.15 bits per heavy atom. The molecular formula is C13H20N4O3. The topological polar surface area (TPSA) is 103 Å². The third-order valence-electron chi connectivity index (χ3n) is 3.44. The maximum absolute atomic E-state index is 10.5. The van der Waals surface area contributed by atoms with E-state index in [4.69, 9.17) is 10.5 Å². The molecule has 1 aliphatic carbocycles. The fourth-order valence-corrected chi connectivity index (χ4v) is 2.26. The molecule has 7 nitrogen and oxygen atoms in total. The molecule has 20 heavy (non-hydrogen) atoms. The fraction of sp³-hybridized carbons (Fsp3) is 0.615. The maximum atomic E-state index is 10.5. The van der Waals surface area contributed by atoms with Gasteiger partial charge in [0.15, 0.2) is 0 Å². The Bertz CT molecular complexity index is 430. The van der Waals surface area contributed by atoms with E-state index in [9.17, 15) is 10.1 Å². The molecule has 1 aromatic rings. The van der Waals surface area contributed by atoms with Crippen molar-refractivity contribution in [3.05, 3.63) is 28.4 Å². The van der Waals surface area contributed by atoms with E-state index in [1.807, 2.05) is 0 Å². The van der Waals surface area contributed by atoms with Gasteiger partial charge in [-0.1, -0.05) is 0 Å². The molecule has 0 bridgehead atoms. The van der Waals surface area contributed by atoms with Gasteiger partial charge in [-0.2, -0.15) is 0 Å². The Labute approximate surface area is 117 Å². The Balaban J connectivity index is 1.64. The van der Waals surface area contributed by atoms with Crippen molar-refractivity contribution in [1.29, 1.82) is 0 Å². The van der Waals surface area contributed by atoms with Crippen LogP contribution in [0.4, 0.5) is 11.5 Å². The summed E-state index contributed by atoms with van der Waals surface area (Å²) >= 11 is 0. The van der Waals surface area contributed by atoms with E-state index in [1.165, 1.54) is 12.3 Å². The SMILES string of the molecule is NC1CCC(OCCNc2ccc([N+](=O)[O-])cn2)CC1. The van der Waals surface area contributed by atoms with Gasteiger partial charge in [-0.05, 0) is 31.7 Å². The van der Waals surface area contributed by atoms with Gasteiger partial charge in [-0.25, -0.2) is 4.98 Å². The first-order chi connectivity index (χ1) is 9.65. The second kappa shape index (κ2) is 7.16. The molecule has 2 rings (SSSR count). The van der Waals surface area contributed by atoms with Crippen LogP contribution in [0.15, 0.2) is 18.3 Å². The molecule has 1 fully saturated rings. The average Bonchev–Trinajstić information content (AvgIpc) is 2.46. The van der Waals surface area contributed by atoms with Crippen molar-refractivity contribution in [2.45, 2.75) is 37.8 Å². The second-order valence-corrected chi connectivity index (χ2v) is 4.99. The number of nitrogens with zero attached hydrogens (tertiary/aromatic N) is 2. The maximum Gasteiger partial charge on any atom is 0.287 e. The van der Waals surface area contributed by atoms with Crippen LogP contribution in [0, 0.1) is 10.1 Å². The Morgan fingerprint density at radius 1 is 1.40 bits per heavy atom. The highest BCUT2D eigenvalue weighted by atomic mass is 16.6. The molecule has 3 N–H and O–H groups in total. The summed E-state index contributed by atoms with van der Waals surface area (Å²) in [5.41, 5.74) is 5.83. The first-order valence-electron chi connectivity index (χ1n) is 6.86. The van der Waals surface area contributed by atoms with Crippen molar-refractivity contribution in [1.82, 2.24) is 4.98 Å². The van der Waals surface area contributed by atoms with Gasteiger partial charge >= 0.3 is 0 Å². The number of hydrogen-bond acceptors (Lipinski definition) is 6. The minimum absolute atomic E-state index is 0.00894. The highest BCUT2D eigenvalue weighted by Gasteiger charge is 2.18. The molecular weight excluding hydrogens is 260 g/mol. The fourth-order valence-electron chi connectivity index (χ4n) is 2.26. The van der Waals surface area contributed by atoms with Gasteiger partial charge in [0.05, 0.1) is 17.6 Å². The number of nitrogens with two attached hydrogens (primary N) is 1. The van der Waals surface area contributed by atoms with Crippen LogP contribution < -0.4 is 11.1 Å². The summed E-state index contributed by atoms with van der Waals surface area (Å²) < 4.78 is 5.76. The zero-order valence-corrected chi connectivity index (χ0v) is 11.3. The lowest BCUT2D eigenvalue weighted by Crippen LogP contribution is -2.31. The predicted molar refractivity (Wildman–Crippen MR) is 75.6 cm³/mol. The van der Waals surface area contributed by atoms with Crippen molar-refractivity contribution >= 4 is 11.5 Å². The van der Waals surface area contributed by atoms with E-state index in [2.05, 4.69) is 10.3 Å². The third kappa shape index (κ3) is 4.43. The highest BCUT2D eigenvalue weighted by Crippen LogP contribution is 2.19. The number of rotatable bonds is 6. The van der Waals surface area contributed by atoms with Crippen LogP contribution in [0.2, 0.25) is 0 Å². The molecule has 110 valence electrons. The molecule has 0 radical (unpaired) electrons. The van der Waals surface area contributed by atoms with Crippen LogP contribution in [0.5, 0.6) is 0 Å². The Morgan fingerprint density at radius 3 is 2.75 bits per heavy atom. The van der Waals surface area contributed by atoms with Gasteiger partial charge in [0.2, 0.25) is 0 Å². The van der Waals surface area contributed by atoms with Crippen LogP contribution in [-0.4, -0.2) is 35.2 Å². The van der Waals surface area contributed by atoms with Crippen molar-refractivity contribution in [3.63, 3.8) is 0 Å². The molecule has 0 aliphatic heterocycles. The summed E-state index contributed by atoms with van der Waals surface area (Å²) in [6, 6.07) is 3.36. The normalized spacial score (nSPS) is 22.4. The zero-order valence-electron chi connectivity index (χ0n) is 11.3.